The molecule has 1 aliphatic rings. The van der Waals surface area contributed by atoms with Gasteiger partial charge >= 0.3 is 0 Å². The second-order valence-corrected chi connectivity index (χ2v) is 5.05. The minimum absolute atomic E-state index is 0. The maximum absolute atomic E-state index is 12.4. The standard InChI is InChI=1S/C13H25N3O3.ClH/c1-4-15-11(17)10(2)16-12(18)13(9-19-3)5-7-14-8-6-13;/h10,14H,4-9H2,1-3H3,(H,15,17)(H,16,18);1H. The van der Waals surface area contributed by atoms with Gasteiger partial charge in [-0.05, 0) is 39.8 Å². The molecule has 3 N–H and O–H groups in total. The minimum atomic E-state index is -0.518. The van der Waals surface area contributed by atoms with Crippen molar-refractivity contribution in [3.05, 3.63) is 0 Å². The Balaban J connectivity index is 0.00000361. The lowest BCUT2D eigenvalue weighted by atomic mass is 9.78. The third-order valence-corrected chi connectivity index (χ3v) is 3.55. The van der Waals surface area contributed by atoms with Crippen LogP contribution in [0.15, 0.2) is 0 Å². The van der Waals surface area contributed by atoms with Crippen LogP contribution in [-0.2, 0) is 14.3 Å². The molecule has 20 heavy (non-hydrogen) atoms. The van der Waals surface area contributed by atoms with E-state index in [1.165, 1.54) is 0 Å². The zero-order valence-electron chi connectivity index (χ0n) is 12.5. The van der Waals surface area contributed by atoms with Gasteiger partial charge in [-0.2, -0.15) is 0 Å². The SMILES string of the molecule is CCNC(=O)C(C)NC(=O)C1(COC)CCNCC1.Cl. The summed E-state index contributed by atoms with van der Waals surface area (Å²) in [5.74, 6) is -0.244. The lowest BCUT2D eigenvalue weighted by molar-refractivity contribution is -0.139. The lowest BCUT2D eigenvalue weighted by Gasteiger charge is -2.36. The van der Waals surface area contributed by atoms with Crippen molar-refractivity contribution in [2.75, 3.05) is 33.4 Å². The number of halogens is 1. The first kappa shape index (κ1) is 19.1. The number of carbonyl (C=O) groups excluding carboxylic acids is 2. The van der Waals surface area contributed by atoms with Gasteiger partial charge in [-0.1, -0.05) is 0 Å². The molecule has 0 aromatic heterocycles. The Labute approximate surface area is 126 Å². The molecule has 2 amide bonds. The molecule has 1 saturated heterocycles. The number of likely N-dealkylation sites (N-methyl/N-ethyl adjacent to an activating group) is 1. The number of nitrogens with one attached hydrogen (secondary N) is 3. The first-order valence-corrected chi connectivity index (χ1v) is 6.84. The number of ether oxygens (including phenoxy) is 1. The van der Waals surface area contributed by atoms with Crippen LogP contribution < -0.4 is 16.0 Å². The van der Waals surface area contributed by atoms with Crippen LogP contribution in [0.25, 0.3) is 0 Å². The van der Waals surface area contributed by atoms with Crippen molar-refractivity contribution in [2.45, 2.75) is 32.7 Å². The van der Waals surface area contributed by atoms with Gasteiger partial charge in [0, 0.05) is 13.7 Å². The second-order valence-electron chi connectivity index (χ2n) is 5.05. The Bertz CT molecular complexity index is 314. The minimum Gasteiger partial charge on any atom is -0.384 e. The van der Waals surface area contributed by atoms with Crippen molar-refractivity contribution in [1.29, 1.82) is 0 Å². The van der Waals surface area contributed by atoms with Gasteiger partial charge in [-0.25, -0.2) is 0 Å². The fourth-order valence-corrected chi connectivity index (χ4v) is 2.36. The summed E-state index contributed by atoms with van der Waals surface area (Å²) in [5, 5.41) is 8.74. The third-order valence-electron chi connectivity index (χ3n) is 3.55. The number of hydrogen-bond acceptors (Lipinski definition) is 4. The van der Waals surface area contributed by atoms with Crippen LogP contribution in [0.1, 0.15) is 26.7 Å². The molecule has 1 heterocycles. The first-order valence-electron chi connectivity index (χ1n) is 6.84. The van der Waals surface area contributed by atoms with Crippen molar-refractivity contribution in [2.24, 2.45) is 5.41 Å². The molecule has 0 aromatic rings. The van der Waals surface area contributed by atoms with Crippen LogP contribution in [0.3, 0.4) is 0 Å². The summed E-state index contributed by atoms with van der Waals surface area (Å²) in [6, 6.07) is -0.518. The number of hydrogen-bond donors (Lipinski definition) is 3. The highest BCUT2D eigenvalue weighted by Crippen LogP contribution is 2.29. The largest absolute Gasteiger partial charge is 0.384 e. The predicted octanol–water partition coefficient (Wildman–Crippen LogP) is 0.0652. The topological polar surface area (TPSA) is 79.5 Å². The molecule has 1 atom stereocenters. The Morgan fingerprint density at radius 1 is 1.35 bits per heavy atom. The van der Waals surface area contributed by atoms with Gasteiger partial charge in [0.15, 0.2) is 0 Å². The van der Waals surface area contributed by atoms with E-state index in [1.807, 2.05) is 6.92 Å². The smallest absolute Gasteiger partial charge is 0.242 e. The van der Waals surface area contributed by atoms with Crippen molar-refractivity contribution in [3.8, 4) is 0 Å². The quantitative estimate of drug-likeness (QED) is 0.648. The van der Waals surface area contributed by atoms with Gasteiger partial charge in [-0.3, -0.25) is 9.59 Å². The van der Waals surface area contributed by atoms with Gasteiger partial charge in [0.05, 0.1) is 12.0 Å². The van der Waals surface area contributed by atoms with Gasteiger partial charge in [-0.15, -0.1) is 12.4 Å². The summed E-state index contributed by atoms with van der Waals surface area (Å²) >= 11 is 0. The lowest BCUT2D eigenvalue weighted by Crippen LogP contribution is -2.54. The summed E-state index contributed by atoms with van der Waals surface area (Å²) in [6.07, 6.45) is 1.46. The first-order chi connectivity index (χ1) is 9.05. The van der Waals surface area contributed by atoms with E-state index in [-0.39, 0.29) is 24.2 Å². The van der Waals surface area contributed by atoms with Gasteiger partial charge in [0.2, 0.25) is 11.8 Å². The second kappa shape index (κ2) is 9.15. The molecule has 0 radical (unpaired) electrons. The van der Waals surface area contributed by atoms with Gasteiger partial charge in [0.25, 0.3) is 0 Å². The van der Waals surface area contributed by atoms with Crippen molar-refractivity contribution in [1.82, 2.24) is 16.0 Å². The highest BCUT2D eigenvalue weighted by Gasteiger charge is 2.40. The maximum Gasteiger partial charge on any atom is 0.242 e. The predicted molar refractivity (Wildman–Crippen MR) is 79.9 cm³/mol. The number of carbonyl (C=O) groups is 2. The van der Waals surface area contributed by atoms with Crippen LogP contribution >= 0.6 is 12.4 Å². The normalized spacial score (nSPS) is 18.6. The van der Waals surface area contributed by atoms with E-state index >= 15 is 0 Å². The van der Waals surface area contributed by atoms with Crippen molar-refractivity contribution < 1.29 is 14.3 Å². The Hall–Kier alpha value is -0.850. The van der Waals surface area contributed by atoms with E-state index in [4.69, 9.17) is 4.74 Å². The number of piperidine rings is 1. The molecule has 1 fully saturated rings. The third kappa shape index (κ3) is 4.92. The Morgan fingerprint density at radius 2 is 1.95 bits per heavy atom. The average molecular weight is 308 g/mol. The summed E-state index contributed by atoms with van der Waals surface area (Å²) in [7, 11) is 1.60. The van der Waals surface area contributed by atoms with Crippen LogP contribution in [0, 0.1) is 5.41 Å². The molecule has 6 nitrogen and oxygen atoms in total. The Kier molecular flexibility index (Phi) is 8.76. The highest BCUT2D eigenvalue weighted by molar-refractivity contribution is 5.90. The van der Waals surface area contributed by atoms with E-state index < -0.39 is 11.5 Å². The van der Waals surface area contributed by atoms with Crippen LogP contribution in [-0.4, -0.2) is 51.2 Å². The molecule has 0 bridgehead atoms. The Morgan fingerprint density at radius 3 is 2.45 bits per heavy atom. The fourth-order valence-electron chi connectivity index (χ4n) is 2.36. The van der Waals surface area contributed by atoms with Crippen molar-refractivity contribution in [3.63, 3.8) is 0 Å². The molecule has 1 rings (SSSR count). The number of rotatable bonds is 6. The maximum atomic E-state index is 12.4. The monoisotopic (exact) mass is 307 g/mol. The van der Waals surface area contributed by atoms with Crippen LogP contribution in [0.4, 0.5) is 0 Å². The molecule has 1 aliphatic heterocycles. The van der Waals surface area contributed by atoms with E-state index in [1.54, 1.807) is 14.0 Å². The fraction of sp³-hybridized carbons (Fsp3) is 0.846. The van der Waals surface area contributed by atoms with Crippen LogP contribution in [0.2, 0.25) is 0 Å². The van der Waals surface area contributed by atoms with E-state index in [9.17, 15) is 9.59 Å². The molecule has 0 aliphatic carbocycles. The molecule has 1 unspecified atom stereocenters. The summed E-state index contributed by atoms with van der Waals surface area (Å²) in [5.41, 5.74) is -0.513. The average Bonchev–Trinajstić information content (AvgIpc) is 2.40. The molecular weight excluding hydrogens is 282 g/mol. The van der Waals surface area contributed by atoms with Gasteiger partial charge in [0.1, 0.15) is 6.04 Å². The molecular formula is C13H26ClN3O3. The van der Waals surface area contributed by atoms with Crippen molar-refractivity contribution >= 4 is 24.2 Å². The van der Waals surface area contributed by atoms with E-state index in [2.05, 4.69) is 16.0 Å². The van der Waals surface area contributed by atoms with Gasteiger partial charge < -0.3 is 20.7 Å². The zero-order chi connectivity index (χ0) is 14.3. The summed E-state index contributed by atoms with van der Waals surface area (Å²) in [4.78, 5) is 24.1. The molecule has 118 valence electrons. The summed E-state index contributed by atoms with van der Waals surface area (Å²) in [6.45, 7) is 6.10. The van der Waals surface area contributed by atoms with Crippen LogP contribution in [0.5, 0.6) is 0 Å². The number of methoxy groups -OCH3 is 1. The summed E-state index contributed by atoms with van der Waals surface area (Å²) < 4.78 is 5.21. The molecule has 0 saturated carbocycles. The number of amides is 2. The molecule has 7 heteroatoms. The molecule has 0 aromatic carbocycles. The molecule has 0 spiro atoms. The zero-order valence-corrected chi connectivity index (χ0v) is 13.3. The van der Waals surface area contributed by atoms with E-state index in [0.29, 0.717) is 13.2 Å². The van der Waals surface area contributed by atoms with E-state index in [0.717, 1.165) is 25.9 Å². The highest BCUT2D eigenvalue weighted by atomic mass is 35.5.